The first-order valence-electron chi connectivity index (χ1n) is 4.13. The quantitative estimate of drug-likeness (QED) is 0.679. The lowest BCUT2D eigenvalue weighted by Crippen LogP contribution is -2.52. The van der Waals surface area contributed by atoms with Gasteiger partial charge in [-0.2, -0.15) is 0 Å². The molecule has 0 radical (unpaired) electrons. The summed E-state index contributed by atoms with van der Waals surface area (Å²) < 4.78 is 0. The van der Waals surface area contributed by atoms with Crippen LogP contribution in [0.25, 0.3) is 0 Å². The van der Waals surface area contributed by atoms with Crippen molar-refractivity contribution in [1.82, 2.24) is 5.32 Å². The average molecular weight is 173 g/mol. The van der Waals surface area contributed by atoms with Crippen molar-refractivity contribution >= 4 is 5.97 Å². The molecule has 1 atom stereocenters. The Hall–Kier alpha value is -0.570. The Kier molecular flexibility index (Phi) is 3.27. The van der Waals surface area contributed by atoms with E-state index in [4.69, 9.17) is 5.11 Å². The van der Waals surface area contributed by atoms with Gasteiger partial charge in [0.25, 0.3) is 0 Å². The second kappa shape index (κ2) is 3.44. The fourth-order valence-corrected chi connectivity index (χ4v) is 1.03. The van der Waals surface area contributed by atoms with Crippen LogP contribution in [0.1, 0.15) is 34.1 Å². The molecule has 0 aliphatic carbocycles. The van der Waals surface area contributed by atoms with Gasteiger partial charge in [0.1, 0.15) is 0 Å². The van der Waals surface area contributed by atoms with E-state index in [1.807, 2.05) is 27.7 Å². The monoisotopic (exact) mass is 173 g/mol. The molecular formula is C9H19NO2. The predicted octanol–water partition coefficient (Wildman–Crippen LogP) is 1.49. The summed E-state index contributed by atoms with van der Waals surface area (Å²) in [6.07, 6.45) is 0.146. The van der Waals surface area contributed by atoms with E-state index in [-0.39, 0.29) is 17.4 Å². The molecule has 0 saturated heterocycles. The van der Waals surface area contributed by atoms with Crippen LogP contribution in [0.2, 0.25) is 0 Å². The van der Waals surface area contributed by atoms with E-state index in [1.165, 1.54) is 0 Å². The number of carboxylic acid groups (broad SMARTS) is 1. The summed E-state index contributed by atoms with van der Waals surface area (Å²) in [6, 6.07) is 0. The zero-order valence-corrected chi connectivity index (χ0v) is 8.56. The van der Waals surface area contributed by atoms with Crippen LogP contribution in [0.5, 0.6) is 0 Å². The van der Waals surface area contributed by atoms with Crippen LogP contribution in [0.15, 0.2) is 0 Å². The van der Waals surface area contributed by atoms with E-state index >= 15 is 0 Å². The van der Waals surface area contributed by atoms with Gasteiger partial charge >= 0.3 is 5.97 Å². The minimum absolute atomic E-state index is 0.0554. The largest absolute Gasteiger partial charge is 0.481 e. The van der Waals surface area contributed by atoms with Gasteiger partial charge in [0.05, 0.1) is 6.42 Å². The smallest absolute Gasteiger partial charge is 0.305 e. The van der Waals surface area contributed by atoms with Crippen molar-refractivity contribution in [3.05, 3.63) is 0 Å². The molecule has 1 unspecified atom stereocenters. The number of hydrogen-bond acceptors (Lipinski definition) is 2. The lowest BCUT2D eigenvalue weighted by molar-refractivity contribution is -0.139. The van der Waals surface area contributed by atoms with Gasteiger partial charge in [0.15, 0.2) is 0 Å². The molecule has 0 rings (SSSR count). The minimum Gasteiger partial charge on any atom is -0.481 e. The highest BCUT2D eigenvalue weighted by molar-refractivity contribution is 5.68. The molecule has 0 aromatic heterocycles. The van der Waals surface area contributed by atoms with Crippen LogP contribution in [0, 0.1) is 5.41 Å². The van der Waals surface area contributed by atoms with Crippen LogP contribution < -0.4 is 5.32 Å². The molecule has 72 valence electrons. The number of carboxylic acids is 1. The summed E-state index contributed by atoms with van der Waals surface area (Å²) in [5.41, 5.74) is -0.404. The van der Waals surface area contributed by atoms with Crippen LogP contribution >= 0.6 is 0 Å². The van der Waals surface area contributed by atoms with Gasteiger partial charge in [-0.15, -0.1) is 0 Å². The molecule has 0 fully saturated rings. The van der Waals surface area contributed by atoms with Crippen molar-refractivity contribution in [2.75, 3.05) is 7.05 Å². The standard InChI is InChI=1S/C9H19NO2/c1-8(2,3)9(4,10-5)6-7(11)12/h10H,6H2,1-5H3,(H,11,12). The normalized spacial score (nSPS) is 17.1. The lowest BCUT2D eigenvalue weighted by Gasteiger charge is -2.40. The molecule has 12 heavy (non-hydrogen) atoms. The topological polar surface area (TPSA) is 49.3 Å². The molecule has 0 aliphatic rings. The molecule has 0 bridgehead atoms. The Balaban J connectivity index is 4.56. The first-order chi connectivity index (χ1) is 5.23. The predicted molar refractivity (Wildman–Crippen MR) is 49.2 cm³/mol. The number of aliphatic carboxylic acids is 1. The van der Waals surface area contributed by atoms with Crippen LogP contribution in [0.3, 0.4) is 0 Å². The summed E-state index contributed by atoms with van der Waals surface area (Å²) in [5, 5.41) is 11.8. The second-order valence-electron chi connectivity index (χ2n) is 4.40. The third kappa shape index (κ3) is 2.48. The Morgan fingerprint density at radius 2 is 1.75 bits per heavy atom. The Bertz CT molecular complexity index is 172. The van der Waals surface area contributed by atoms with E-state index in [2.05, 4.69) is 5.32 Å². The summed E-state index contributed by atoms with van der Waals surface area (Å²) in [6.45, 7) is 8.03. The van der Waals surface area contributed by atoms with Gasteiger partial charge in [0.2, 0.25) is 0 Å². The molecular weight excluding hydrogens is 154 g/mol. The van der Waals surface area contributed by atoms with Crippen molar-refractivity contribution in [2.45, 2.75) is 39.7 Å². The number of nitrogens with one attached hydrogen (secondary N) is 1. The highest BCUT2D eigenvalue weighted by atomic mass is 16.4. The zero-order valence-electron chi connectivity index (χ0n) is 8.56. The van der Waals surface area contributed by atoms with Crippen LogP contribution in [-0.2, 0) is 4.79 Å². The number of hydrogen-bond donors (Lipinski definition) is 2. The van der Waals surface area contributed by atoms with Gasteiger partial charge in [-0.1, -0.05) is 20.8 Å². The number of rotatable bonds is 3. The molecule has 2 N–H and O–H groups in total. The summed E-state index contributed by atoms with van der Waals surface area (Å²) in [4.78, 5) is 10.6. The van der Waals surface area contributed by atoms with Crippen molar-refractivity contribution in [3.63, 3.8) is 0 Å². The van der Waals surface area contributed by atoms with Crippen LogP contribution in [-0.4, -0.2) is 23.7 Å². The molecule has 0 heterocycles. The van der Waals surface area contributed by atoms with Crippen molar-refractivity contribution < 1.29 is 9.90 Å². The van der Waals surface area contributed by atoms with E-state index in [0.29, 0.717) is 0 Å². The fraction of sp³-hybridized carbons (Fsp3) is 0.889. The number of carbonyl (C=O) groups is 1. The third-order valence-corrected chi connectivity index (χ3v) is 2.71. The molecule has 3 heteroatoms. The fourth-order valence-electron chi connectivity index (χ4n) is 1.03. The highest BCUT2D eigenvalue weighted by Crippen LogP contribution is 2.32. The SMILES string of the molecule is CNC(C)(CC(=O)O)C(C)(C)C. The molecule has 0 aromatic rings. The van der Waals surface area contributed by atoms with Gasteiger partial charge in [0, 0.05) is 5.54 Å². The molecule has 3 nitrogen and oxygen atoms in total. The third-order valence-electron chi connectivity index (χ3n) is 2.71. The van der Waals surface area contributed by atoms with Gasteiger partial charge in [-0.25, -0.2) is 0 Å². The lowest BCUT2D eigenvalue weighted by atomic mass is 9.73. The van der Waals surface area contributed by atoms with E-state index in [0.717, 1.165) is 0 Å². The van der Waals surface area contributed by atoms with E-state index < -0.39 is 5.97 Å². The maximum Gasteiger partial charge on any atom is 0.305 e. The summed E-state index contributed by atoms with van der Waals surface area (Å²) in [5.74, 6) is -0.762. The molecule has 0 saturated carbocycles. The molecule has 0 spiro atoms. The molecule has 0 aliphatic heterocycles. The van der Waals surface area contributed by atoms with Gasteiger partial charge < -0.3 is 10.4 Å². The van der Waals surface area contributed by atoms with Crippen molar-refractivity contribution in [2.24, 2.45) is 5.41 Å². The Labute approximate surface area is 74.2 Å². The Morgan fingerprint density at radius 1 is 1.33 bits per heavy atom. The maximum atomic E-state index is 10.6. The van der Waals surface area contributed by atoms with E-state index in [9.17, 15) is 4.79 Å². The van der Waals surface area contributed by atoms with Gasteiger partial charge in [-0.05, 0) is 19.4 Å². The van der Waals surface area contributed by atoms with E-state index in [1.54, 1.807) is 7.05 Å². The average Bonchev–Trinajstić information content (AvgIpc) is 1.83. The second-order valence-corrected chi connectivity index (χ2v) is 4.40. The minimum atomic E-state index is -0.762. The summed E-state index contributed by atoms with van der Waals surface area (Å²) in [7, 11) is 1.80. The highest BCUT2D eigenvalue weighted by Gasteiger charge is 2.37. The zero-order chi connectivity index (χ0) is 9.99. The maximum absolute atomic E-state index is 10.6. The first-order valence-corrected chi connectivity index (χ1v) is 4.13. The summed E-state index contributed by atoms with van der Waals surface area (Å²) >= 11 is 0. The van der Waals surface area contributed by atoms with Gasteiger partial charge in [-0.3, -0.25) is 4.79 Å². The first kappa shape index (κ1) is 11.4. The van der Waals surface area contributed by atoms with Crippen molar-refractivity contribution in [3.8, 4) is 0 Å². The Morgan fingerprint density at radius 3 is 1.83 bits per heavy atom. The molecule has 0 aromatic carbocycles. The molecule has 0 amide bonds. The van der Waals surface area contributed by atoms with Crippen LogP contribution in [0.4, 0.5) is 0 Å². The van der Waals surface area contributed by atoms with Crippen molar-refractivity contribution in [1.29, 1.82) is 0 Å².